The fourth-order valence-electron chi connectivity index (χ4n) is 1.65. The van der Waals surface area contributed by atoms with Gasteiger partial charge in [-0.3, -0.25) is 0 Å². The Labute approximate surface area is 118 Å². The summed E-state index contributed by atoms with van der Waals surface area (Å²) < 4.78 is 5.69. The highest BCUT2D eigenvalue weighted by molar-refractivity contribution is 6.32. The van der Waals surface area contributed by atoms with E-state index >= 15 is 0 Å². The molecule has 1 heterocycles. The predicted octanol–water partition coefficient (Wildman–Crippen LogP) is 4.03. The normalized spacial score (nSPS) is 10.4. The first-order valence-electron chi connectivity index (χ1n) is 6.38. The Bertz CT molecular complexity index is 531. The smallest absolute Gasteiger partial charge is 0.219 e. The Morgan fingerprint density at radius 1 is 1.16 bits per heavy atom. The lowest BCUT2D eigenvalue weighted by Crippen LogP contribution is -2.14. The average molecular weight is 277 g/mol. The molecule has 19 heavy (non-hydrogen) atoms. The lowest BCUT2D eigenvalue weighted by Gasteiger charge is -2.08. The second kappa shape index (κ2) is 7.12. The lowest BCUT2D eigenvalue weighted by molar-refractivity contribution is 0.459. The summed E-state index contributed by atoms with van der Waals surface area (Å²) >= 11 is 6.05. The minimum Gasteiger partial charge on any atom is -0.437 e. The van der Waals surface area contributed by atoms with Crippen LogP contribution in [0, 0.1) is 0 Å². The third kappa shape index (κ3) is 4.23. The minimum absolute atomic E-state index is 0.559. The van der Waals surface area contributed by atoms with Crippen molar-refractivity contribution in [2.24, 2.45) is 0 Å². The maximum absolute atomic E-state index is 6.05. The van der Waals surface area contributed by atoms with Crippen molar-refractivity contribution in [1.82, 2.24) is 10.3 Å². The fraction of sp³-hybridized carbons (Fsp3) is 0.267. The molecule has 0 aliphatic carbocycles. The van der Waals surface area contributed by atoms with Crippen molar-refractivity contribution in [3.8, 4) is 11.6 Å². The summed E-state index contributed by atoms with van der Waals surface area (Å²) in [7, 11) is 0. The van der Waals surface area contributed by atoms with Gasteiger partial charge in [0.25, 0.3) is 0 Å². The van der Waals surface area contributed by atoms with Gasteiger partial charge in [0.2, 0.25) is 5.88 Å². The molecule has 0 atom stereocenters. The fourth-order valence-corrected chi connectivity index (χ4v) is 1.82. The number of aromatic nitrogens is 1. The van der Waals surface area contributed by atoms with Crippen LogP contribution in [0.1, 0.15) is 19.0 Å². The van der Waals surface area contributed by atoms with Gasteiger partial charge in [-0.1, -0.05) is 36.7 Å². The Balaban J connectivity index is 2.05. The number of hydrogen-bond donors (Lipinski definition) is 1. The number of rotatable bonds is 6. The molecular formula is C15H17ClN2O. The Hall–Kier alpha value is -1.58. The van der Waals surface area contributed by atoms with Gasteiger partial charge in [-0.15, -0.1) is 0 Å². The molecule has 0 spiro atoms. The van der Waals surface area contributed by atoms with E-state index in [1.165, 1.54) is 0 Å². The molecule has 3 nitrogen and oxygen atoms in total. The third-order valence-corrected chi connectivity index (χ3v) is 2.88. The summed E-state index contributed by atoms with van der Waals surface area (Å²) in [5.74, 6) is 1.18. The van der Waals surface area contributed by atoms with Crippen molar-refractivity contribution in [2.45, 2.75) is 19.9 Å². The topological polar surface area (TPSA) is 34.1 Å². The molecule has 2 aromatic rings. The SMILES string of the molecule is CCCNCc1cccc(Oc2ccccc2Cl)n1. The van der Waals surface area contributed by atoms with Gasteiger partial charge < -0.3 is 10.1 Å². The maximum atomic E-state index is 6.05. The zero-order valence-electron chi connectivity index (χ0n) is 10.9. The molecule has 0 saturated heterocycles. The van der Waals surface area contributed by atoms with Gasteiger partial charge in [-0.2, -0.15) is 0 Å². The van der Waals surface area contributed by atoms with Gasteiger partial charge in [0, 0.05) is 12.6 Å². The van der Waals surface area contributed by atoms with Gasteiger partial charge in [0.15, 0.2) is 0 Å². The van der Waals surface area contributed by atoms with E-state index in [0.717, 1.165) is 25.2 Å². The molecule has 0 bridgehead atoms. The lowest BCUT2D eigenvalue weighted by atomic mass is 10.3. The zero-order valence-corrected chi connectivity index (χ0v) is 11.7. The van der Waals surface area contributed by atoms with Crippen molar-refractivity contribution in [2.75, 3.05) is 6.54 Å². The number of para-hydroxylation sites is 1. The van der Waals surface area contributed by atoms with Crippen molar-refractivity contribution >= 4 is 11.6 Å². The molecule has 0 saturated carbocycles. The number of nitrogens with zero attached hydrogens (tertiary/aromatic N) is 1. The van der Waals surface area contributed by atoms with E-state index in [1.807, 2.05) is 36.4 Å². The Kier molecular flexibility index (Phi) is 5.19. The predicted molar refractivity (Wildman–Crippen MR) is 77.8 cm³/mol. The first kappa shape index (κ1) is 13.8. The highest BCUT2D eigenvalue weighted by Crippen LogP contribution is 2.27. The number of hydrogen-bond acceptors (Lipinski definition) is 3. The summed E-state index contributed by atoms with van der Waals surface area (Å²) in [5.41, 5.74) is 0.956. The minimum atomic E-state index is 0.559. The van der Waals surface area contributed by atoms with Crippen molar-refractivity contribution in [3.05, 3.63) is 53.2 Å². The largest absolute Gasteiger partial charge is 0.437 e. The second-order valence-corrected chi connectivity index (χ2v) is 4.58. The van der Waals surface area contributed by atoms with Crippen molar-refractivity contribution in [3.63, 3.8) is 0 Å². The number of ether oxygens (including phenoxy) is 1. The van der Waals surface area contributed by atoms with Gasteiger partial charge in [0.1, 0.15) is 5.75 Å². The highest BCUT2D eigenvalue weighted by Gasteiger charge is 2.03. The molecule has 100 valence electrons. The molecule has 0 fully saturated rings. The van der Waals surface area contributed by atoms with E-state index in [4.69, 9.17) is 16.3 Å². The van der Waals surface area contributed by atoms with E-state index < -0.39 is 0 Å². The van der Waals surface area contributed by atoms with Crippen LogP contribution in [0.25, 0.3) is 0 Å². The molecule has 1 aromatic carbocycles. The van der Waals surface area contributed by atoms with Crippen LogP contribution < -0.4 is 10.1 Å². The number of halogens is 1. The van der Waals surface area contributed by atoms with Crippen LogP contribution in [-0.4, -0.2) is 11.5 Å². The van der Waals surface area contributed by atoms with Crippen LogP contribution in [0.4, 0.5) is 0 Å². The molecule has 0 radical (unpaired) electrons. The molecule has 4 heteroatoms. The molecule has 0 aliphatic heterocycles. The van der Waals surface area contributed by atoms with E-state index in [2.05, 4.69) is 17.2 Å². The van der Waals surface area contributed by atoms with Gasteiger partial charge >= 0.3 is 0 Å². The summed E-state index contributed by atoms with van der Waals surface area (Å²) in [5, 5.41) is 3.89. The number of benzene rings is 1. The average Bonchev–Trinajstić information content (AvgIpc) is 2.42. The molecule has 0 amide bonds. The number of nitrogens with one attached hydrogen (secondary N) is 1. The van der Waals surface area contributed by atoms with Crippen LogP contribution in [0.5, 0.6) is 11.6 Å². The van der Waals surface area contributed by atoms with E-state index in [0.29, 0.717) is 16.7 Å². The summed E-state index contributed by atoms with van der Waals surface area (Å²) in [6.07, 6.45) is 1.11. The number of pyridine rings is 1. The summed E-state index contributed by atoms with van der Waals surface area (Å²) in [6, 6.07) is 13.1. The molecule has 2 rings (SSSR count). The highest BCUT2D eigenvalue weighted by atomic mass is 35.5. The standard InChI is InChI=1S/C15H17ClN2O/c1-2-10-17-11-12-6-5-9-15(18-12)19-14-8-4-3-7-13(14)16/h3-9,17H,2,10-11H2,1H3. The van der Waals surface area contributed by atoms with E-state index in [-0.39, 0.29) is 0 Å². The Morgan fingerprint density at radius 3 is 2.79 bits per heavy atom. The quantitative estimate of drug-likeness (QED) is 0.809. The van der Waals surface area contributed by atoms with Crippen LogP contribution in [0.2, 0.25) is 5.02 Å². The van der Waals surface area contributed by atoms with E-state index in [9.17, 15) is 0 Å². The summed E-state index contributed by atoms with van der Waals surface area (Å²) in [4.78, 5) is 4.44. The molecule has 0 unspecified atom stereocenters. The van der Waals surface area contributed by atoms with Crippen LogP contribution in [0.3, 0.4) is 0 Å². The van der Waals surface area contributed by atoms with Gasteiger partial charge in [-0.05, 0) is 31.2 Å². The zero-order chi connectivity index (χ0) is 13.5. The molecule has 0 aliphatic rings. The first-order valence-corrected chi connectivity index (χ1v) is 6.76. The molecule has 1 aromatic heterocycles. The molecular weight excluding hydrogens is 260 g/mol. The maximum Gasteiger partial charge on any atom is 0.219 e. The third-order valence-electron chi connectivity index (χ3n) is 2.57. The Morgan fingerprint density at radius 2 is 2.00 bits per heavy atom. The first-order chi connectivity index (χ1) is 9.29. The van der Waals surface area contributed by atoms with Crippen molar-refractivity contribution < 1.29 is 4.74 Å². The van der Waals surface area contributed by atoms with Crippen LogP contribution in [-0.2, 0) is 6.54 Å². The van der Waals surface area contributed by atoms with Crippen LogP contribution in [0.15, 0.2) is 42.5 Å². The summed E-state index contributed by atoms with van der Waals surface area (Å²) in [6.45, 7) is 3.86. The molecule has 1 N–H and O–H groups in total. The van der Waals surface area contributed by atoms with Crippen LogP contribution >= 0.6 is 11.6 Å². The van der Waals surface area contributed by atoms with Gasteiger partial charge in [-0.25, -0.2) is 4.98 Å². The second-order valence-electron chi connectivity index (χ2n) is 4.18. The van der Waals surface area contributed by atoms with Crippen molar-refractivity contribution in [1.29, 1.82) is 0 Å². The monoisotopic (exact) mass is 276 g/mol. The van der Waals surface area contributed by atoms with Gasteiger partial charge in [0.05, 0.1) is 10.7 Å². The van der Waals surface area contributed by atoms with E-state index in [1.54, 1.807) is 6.07 Å².